The maximum atomic E-state index is 13.7. The Kier molecular flexibility index (Phi) is 6.07. The Morgan fingerprint density at radius 1 is 1.35 bits per heavy atom. The van der Waals surface area contributed by atoms with Crippen molar-refractivity contribution in [3.05, 3.63) is 34.9 Å². The number of halogens is 2. The molecule has 0 spiro atoms. The van der Waals surface area contributed by atoms with Crippen molar-refractivity contribution in [1.29, 1.82) is 0 Å². The third kappa shape index (κ3) is 4.56. The summed E-state index contributed by atoms with van der Waals surface area (Å²) in [5.41, 5.74) is 6.58. The summed E-state index contributed by atoms with van der Waals surface area (Å²) >= 11 is 0. The van der Waals surface area contributed by atoms with Crippen LogP contribution in [0.1, 0.15) is 43.9 Å². The van der Waals surface area contributed by atoms with Gasteiger partial charge in [-0.05, 0) is 37.8 Å². The van der Waals surface area contributed by atoms with Crippen LogP contribution in [0.3, 0.4) is 0 Å². The molecular formula is C15H21F2NO2. The van der Waals surface area contributed by atoms with Crippen molar-refractivity contribution in [1.82, 2.24) is 0 Å². The minimum Gasteiger partial charge on any atom is -0.466 e. The van der Waals surface area contributed by atoms with Gasteiger partial charge in [0.2, 0.25) is 0 Å². The molecule has 0 heterocycles. The highest BCUT2D eigenvalue weighted by molar-refractivity contribution is 5.69. The maximum Gasteiger partial charge on any atom is 0.306 e. The van der Waals surface area contributed by atoms with E-state index in [1.807, 2.05) is 6.92 Å². The van der Waals surface area contributed by atoms with Gasteiger partial charge in [-0.25, -0.2) is 8.78 Å². The second-order valence-electron chi connectivity index (χ2n) is 5.08. The van der Waals surface area contributed by atoms with Gasteiger partial charge in [0.15, 0.2) is 0 Å². The first-order valence-electron chi connectivity index (χ1n) is 6.71. The molecule has 0 saturated heterocycles. The summed E-state index contributed by atoms with van der Waals surface area (Å²) in [6.07, 6.45) is 0.671. The monoisotopic (exact) mass is 285 g/mol. The molecule has 5 heteroatoms. The van der Waals surface area contributed by atoms with Gasteiger partial charge in [0.25, 0.3) is 0 Å². The number of hydrogen-bond acceptors (Lipinski definition) is 3. The minimum atomic E-state index is -0.649. The van der Waals surface area contributed by atoms with Gasteiger partial charge in [0.1, 0.15) is 11.6 Å². The van der Waals surface area contributed by atoms with Gasteiger partial charge in [-0.2, -0.15) is 0 Å². The Hall–Kier alpha value is -1.49. The van der Waals surface area contributed by atoms with E-state index in [0.717, 1.165) is 6.07 Å². The van der Waals surface area contributed by atoms with Gasteiger partial charge in [-0.15, -0.1) is 0 Å². The first kappa shape index (κ1) is 16.6. The zero-order valence-corrected chi connectivity index (χ0v) is 12.1. The summed E-state index contributed by atoms with van der Waals surface area (Å²) < 4.78 is 31.8. The molecule has 0 amide bonds. The number of rotatable bonds is 6. The van der Waals surface area contributed by atoms with Crippen LogP contribution in [0.4, 0.5) is 8.78 Å². The van der Waals surface area contributed by atoms with Gasteiger partial charge in [-0.1, -0.05) is 6.92 Å². The highest BCUT2D eigenvalue weighted by Crippen LogP contribution is 2.25. The Morgan fingerprint density at radius 3 is 2.60 bits per heavy atom. The second kappa shape index (κ2) is 7.33. The first-order valence-corrected chi connectivity index (χ1v) is 6.71. The van der Waals surface area contributed by atoms with E-state index in [4.69, 9.17) is 10.5 Å². The highest BCUT2D eigenvalue weighted by Gasteiger charge is 2.18. The van der Waals surface area contributed by atoms with E-state index < -0.39 is 17.7 Å². The SMILES string of the molecule is CCOC(=O)CC(C)CC(N)c1cc(C)c(F)cc1F. The lowest BCUT2D eigenvalue weighted by atomic mass is 9.93. The molecule has 0 saturated carbocycles. The van der Waals surface area contributed by atoms with E-state index >= 15 is 0 Å². The van der Waals surface area contributed by atoms with E-state index in [-0.39, 0.29) is 23.9 Å². The molecule has 0 aliphatic heterocycles. The molecule has 0 aromatic heterocycles. The van der Waals surface area contributed by atoms with Crippen LogP contribution in [0.5, 0.6) is 0 Å². The Labute approximate surface area is 118 Å². The number of ether oxygens (including phenoxy) is 1. The first-order chi connectivity index (χ1) is 9.35. The molecule has 1 aromatic rings. The van der Waals surface area contributed by atoms with E-state index in [1.165, 1.54) is 6.07 Å². The van der Waals surface area contributed by atoms with Gasteiger partial charge >= 0.3 is 5.97 Å². The second-order valence-corrected chi connectivity index (χ2v) is 5.08. The van der Waals surface area contributed by atoms with Gasteiger partial charge in [-0.3, -0.25) is 4.79 Å². The molecule has 3 nitrogen and oxygen atoms in total. The molecule has 1 rings (SSSR count). The summed E-state index contributed by atoms with van der Waals surface area (Å²) in [4.78, 5) is 11.4. The molecule has 2 unspecified atom stereocenters. The largest absolute Gasteiger partial charge is 0.466 e. The van der Waals surface area contributed by atoms with Crippen molar-refractivity contribution < 1.29 is 18.3 Å². The van der Waals surface area contributed by atoms with Crippen molar-refractivity contribution in [2.24, 2.45) is 11.7 Å². The highest BCUT2D eigenvalue weighted by atomic mass is 19.1. The van der Waals surface area contributed by atoms with Gasteiger partial charge in [0.05, 0.1) is 6.61 Å². The van der Waals surface area contributed by atoms with Gasteiger partial charge in [0, 0.05) is 24.1 Å². The van der Waals surface area contributed by atoms with Gasteiger partial charge < -0.3 is 10.5 Å². The molecular weight excluding hydrogens is 264 g/mol. The number of esters is 1. The van der Waals surface area contributed by atoms with Crippen LogP contribution in [0, 0.1) is 24.5 Å². The number of aryl methyl sites for hydroxylation is 1. The number of carbonyl (C=O) groups is 1. The maximum absolute atomic E-state index is 13.7. The number of hydrogen-bond donors (Lipinski definition) is 1. The van der Waals surface area contributed by atoms with Crippen LogP contribution in [0.15, 0.2) is 12.1 Å². The molecule has 2 N–H and O–H groups in total. The van der Waals surface area contributed by atoms with Crippen molar-refractivity contribution in [3.63, 3.8) is 0 Å². The van der Waals surface area contributed by atoms with E-state index in [1.54, 1.807) is 13.8 Å². The third-order valence-electron chi connectivity index (χ3n) is 3.15. The molecule has 0 bridgehead atoms. The summed E-state index contributed by atoms with van der Waals surface area (Å²) in [5, 5.41) is 0. The fraction of sp³-hybridized carbons (Fsp3) is 0.533. The minimum absolute atomic E-state index is 0.0335. The summed E-state index contributed by atoms with van der Waals surface area (Å²) in [5.74, 6) is -1.56. The lowest BCUT2D eigenvalue weighted by Gasteiger charge is -2.18. The Balaban J connectivity index is 2.69. The van der Waals surface area contributed by atoms with Crippen LogP contribution < -0.4 is 5.73 Å². The Bertz CT molecular complexity index is 477. The van der Waals surface area contributed by atoms with Crippen LogP contribution >= 0.6 is 0 Å². The fourth-order valence-corrected chi connectivity index (χ4v) is 2.11. The quantitative estimate of drug-likeness (QED) is 0.816. The van der Waals surface area contributed by atoms with E-state index in [9.17, 15) is 13.6 Å². The van der Waals surface area contributed by atoms with Crippen LogP contribution in [-0.2, 0) is 9.53 Å². The smallest absolute Gasteiger partial charge is 0.306 e. The van der Waals surface area contributed by atoms with Crippen LogP contribution in [0.2, 0.25) is 0 Å². The summed E-state index contributed by atoms with van der Waals surface area (Å²) in [6.45, 7) is 5.49. The summed E-state index contributed by atoms with van der Waals surface area (Å²) in [7, 11) is 0. The molecule has 0 fully saturated rings. The van der Waals surface area contributed by atoms with Crippen molar-refractivity contribution in [3.8, 4) is 0 Å². The third-order valence-corrected chi connectivity index (χ3v) is 3.15. The average Bonchev–Trinajstić information content (AvgIpc) is 2.33. The van der Waals surface area contributed by atoms with Crippen molar-refractivity contribution in [2.75, 3.05) is 6.61 Å². The normalized spacial score (nSPS) is 13.9. The zero-order valence-electron chi connectivity index (χ0n) is 12.1. The molecule has 1 aromatic carbocycles. The number of nitrogens with two attached hydrogens (primary N) is 1. The lowest BCUT2D eigenvalue weighted by Crippen LogP contribution is -2.18. The molecule has 2 atom stereocenters. The topological polar surface area (TPSA) is 52.3 Å². The fourth-order valence-electron chi connectivity index (χ4n) is 2.11. The Morgan fingerprint density at radius 2 is 2.00 bits per heavy atom. The van der Waals surface area contributed by atoms with E-state index in [2.05, 4.69) is 0 Å². The molecule has 112 valence electrons. The molecule has 0 aliphatic rings. The number of carbonyl (C=O) groups excluding carboxylic acids is 1. The predicted octanol–water partition coefficient (Wildman–Crippen LogP) is 3.25. The molecule has 0 radical (unpaired) electrons. The van der Waals surface area contributed by atoms with Crippen molar-refractivity contribution >= 4 is 5.97 Å². The average molecular weight is 285 g/mol. The van der Waals surface area contributed by atoms with E-state index in [0.29, 0.717) is 18.6 Å². The standard InChI is InChI=1S/C15H21F2NO2/c1-4-20-15(19)6-9(2)5-14(18)11-7-10(3)12(16)8-13(11)17/h7-9,14H,4-6,18H2,1-3H3. The van der Waals surface area contributed by atoms with Crippen molar-refractivity contribution in [2.45, 2.75) is 39.7 Å². The van der Waals surface area contributed by atoms with Crippen LogP contribution in [-0.4, -0.2) is 12.6 Å². The van der Waals surface area contributed by atoms with Crippen LogP contribution in [0.25, 0.3) is 0 Å². The lowest BCUT2D eigenvalue weighted by molar-refractivity contribution is -0.144. The summed E-state index contributed by atoms with van der Waals surface area (Å²) in [6, 6.07) is 1.70. The number of benzene rings is 1. The molecule has 0 aliphatic carbocycles. The predicted molar refractivity (Wildman–Crippen MR) is 73.1 cm³/mol. The zero-order chi connectivity index (χ0) is 15.3. The molecule has 20 heavy (non-hydrogen) atoms.